The summed E-state index contributed by atoms with van der Waals surface area (Å²) in [7, 11) is 0. The summed E-state index contributed by atoms with van der Waals surface area (Å²) < 4.78 is 5.39. The molecule has 0 aliphatic carbocycles. The van der Waals surface area contributed by atoms with Gasteiger partial charge in [-0.3, -0.25) is 4.79 Å². The highest BCUT2D eigenvalue weighted by molar-refractivity contribution is 6.20. The minimum Gasteiger partial charge on any atom is -0.489 e. The van der Waals surface area contributed by atoms with E-state index in [-0.39, 0.29) is 11.8 Å². The summed E-state index contributed by atoms with van der Waals surface area (Å²) in [6.45, 7) is 7.61. The molecule has 4 heteroatoms. The van der Waals surface area contributed by atoms with Gasteiger partial charge in [0.1, 0.15) is 12.4 Å². The highest BCUT2D eigenvalue weighted by Gasteiger charge is 2.26. The average molecular weight is 268 g/mol. The third kappa shape index (κ3) is 4.08. The Kier molecular flexibility index (Phi) is 5.23. The molecule has 98 valence electrons. The number of halogens is 1. The molecule has 0 saturated heterocycles. The predicted molar refractivity (Wildman–Crippen MR) is 75.3 cm³/mol. The number of carbonyl (C=O) groups is 1. The minimum absolute atomic E-state index is 0.113. The van der Waals surface area contributed by atoms with Crippen molar-refractivity contribution in [3.63, 3.8) is 0 Å². The lowest BCUT2D eigenvalue weighted by atomic mass is 9.95. The van der Waals surface area contributed by atoms with Crippen LogP contribution in [-0.2, 0) is 4.79 Å². The van der Waals surface area contributed by atoms with Gasteiger partial charge >= 0.3 is 0 Å². The van der Waals surface area contributed by atoms with Crippen LogP contribution in [-0.4, -0.2) is 18.4 Å². The van der Waals surface area contributed by atoms with Crippen molar-refractivity contribution in [2.24, 2.45) is 5.41 Å². The topological polar surface area (TPSA) is 38.3 Å². The van der Waals surface area contributed by atoms with Crippen molar-refractivity contribution in [3.05, 3.63) is 36.9 Å². The lowest BCUT2D eigenvalue weighted by Crippen LogP contribution is -2.32. The van der Waals surface area contributed by atoms with E-state index in [1.165, 1.54) is 0 Å². The molecule has 0 bridgehead atoms. The summed E-state index contributed by atoms with van der Waals surface area (Å²) >= 11 is 5.76. The Bertz CT molecular complexity index is 430. The molecule has 0 aliphatic heterocycles. The highest BCUT2D eigenvalue weighted by atomic mass is 35.5. The van der Waals surface area contributed by atoms with Crippen molar-refractivity contribution in [2.75, 3.05) is 17.8 Å². The molecule has 0 radical (unpaired) electrons. The van der Waals surface area contributed by atoms with Gasteiger partial charge in [0, 0.05) is 17.6 Å². The molecular formula is C14H18ClNO2. The fourth-order valence-corrected chi connectivity index (χ4v) is 1.30. The van der Waals surface area contributed by atoms with Gasteiger partial charge in [0.05, 0.1) is 5.41 Å². The minimum atomic E-state index is -0.598. The van der Waals surface area contributed by atoms with Crippen LogP contribution in [0.25, 0.3) is 0 Å². The molecule has 0 spiro atoms. The maximum atomic E-state index is 11.9. The van der Waals surface area contributed by atoms with Crippen LogP contribution in [0.3, 0.4) is 0 Å². The second kappa shape index (κ2) is 6.45. The quantitative estimate of drug-likeness (QED) is 0.633. The first-order valence-corrected chi connectivity index (χ1v) is 6.24. The summed E-state index contributed by atoms with van der Waals surface area (Å²) in [6.07, 6.45) is 1.67. The lowest BCUT2D eigenvalue weighted by molar-refractivity contribution is -0.122. The van der Waals surface area contributed by atoms with Crippen LogP contribution >= 0.6 is 11.6 Å². The highest BCUT2D eigenvalue weighted by Crippen LogP contribution is 2.22. The molecule has 0 aliphatic rings. The van der Waals surface area contributed by atoms with E-state index in [1.54, 1.807) is 26.0 Å². The number of benzene rings is 1. The Morgan fingerprint density at radius 1 is 1.56 bits per heavy atom. The van der Waals surface area contributed by atoms with Crippen molar-refractivity contribution in [2.45, 2.75) is 13.8 Å². The zero-order chi connectivity index (χ0) is 13.6. The van der Waals surface area contributed by atoms with Gasteiger partial charge in [-0.05, 0) is 26.0 Å². The molecule has 0 fully saturated rings. The van der Waals surface area contributed by atoms with Crippen LogP contribution in [0.15, 0.2) is 36.9 Å². The van der Waals surface area contributed by atoms with Crippen LogP contribution < -0.4 is 10.1 Å². The fraction of sp³-hybridized carbons (Fsp3) is 0.357. The number of ether oxygens (including phenoxy) is 1. The van der Waals surface area contributed by atoms with Crippen LogP contribution in [0, 0.1) is 5.41 Å². The van der Waals surface area contributed by atoms with E-state index in [2.05, 4.69) is 11.9 Å². The normalized spacial score (nSPS) is 10.8. The number of rotatable bonds is 6. The van der Waals surface area contributed by atoms with Crippen LogP contribution in [0.4, 0.5) is 5.69 Å². The largest absolute Gasteiger partial charge is 0.489 e. The van der Waals surface area contributed by atoms with Gasteiger partial charge in [-0.25, -0.2) is 0 Å². The molecule has 18 heavy (non-hydrogen) atoms. The molecule has 0 saturated carbocycles. The molecule has 0 unspecified atom stereocenters. The Hall–Kier alpha value is -1.48. The Labute approximate surface area is 113 Å². The summed E-state index contributed by atoms with van der Waals surface area (Å²) in [5.41, 5.74) is 0.0965. The van der Waals surface area contributed by atoms with Gasteiger partial charge in [-0.15, -0.1) is 11.6 Å². The number of alkyl halides is 1. The van der Waals surface area contributed by atoms with E-state index in [0.717, 1.165) is 0 Å². The van der Waals surface area contributed by atoms with Gasteiger partial charge in [0.15, 0.2) is 0 Å². The number of amides is 1. The van der Waals surface area contributed by atoms with E-state index in [1.807, 2.05) is 18.2 Å². The van der Waals surface area contributed by atoms with E-state index < -0.39 is 5.41 Å². The molecule has 1 N–H and O–H groups in total. The zero-order valence-electron chi connectivity index (χ0n) is 10.7. The first kappa shape index (κ1) is 14.6. The van der Waals surface area contributed by atoms with E-state index in [4.69, 9.17) is 16.3 Å². The van der Waals surface area contributed by atoms with Crippen molar-refractivity contribution >= 4 is 23.2 Å². The predicted octanol–water partition coefficient (Wildman–Crippen LogP) is 3.45. The fourth-order valence-electron chi connectivity index (χ4n) is 1.18. The summed E-state index contributed by atoms with van der Waals surface area (Å²) in [5, 5.41) is 2.82. The molecular weight excluding hydrogens is 250 g/mol. The van der Waals surface area contributed by atoms with Crippen LogP contribution in [0.5, 0.6) is 5.75 Å². The molecule has 1 aromatic carbocycles. The van der Waals surface area contributed by atoms with Gasteiger partial charge in [0.25, 0.3) is 0 Å². The third-order valence-corrected chi connectivity index (χ3v) is 3.08. The van der Waals surface area contributed by atoms with Crippen LogP contribution in [0.2, 0.25) is 0 Å². The van der Waals surface area contributed by atoms with E-state index in [0.29, 0.717) is 18.0 Å². The standard InChI is InChI=1S/C14H18ClNO2/c1-4-8-18-12-7-5-6-11(9-12)16-13(17)14(2,3)10-15/h4-7,9H,1,8,10H2,2-3H3,(H,16,17). The molecule has 0 atom stereocenters. The maximum Gasteiger partial charge on any atom is 0.231 e. The molecule has 1 rings (SSSR count). The third-order valence-electron chi connectivity index (χ3n) is 2.41. The SMILES string of the molecule is C=CCOc1cccc(NC(=O)C(C)(C)CCl)c1. The molecule has 0 heterocycles. The van der Waals surface area contributed by atoms with Crippen molar-refractivity contribution in [1.29, 1.82) is 0 Å². The second-order valence-electron chi connectivity index (χ2n) is 4.60. The first-order valence-electron chi connectivity index (χ1n) is 5.71. The van der Waals surface area contributed by atoms with Gasteiger partial charge < -0.3 is 10.1 Å². The Balaban J connectivity index is 2.73. The van der Waals surface area contributed by atoms with Crippen molar-refractivity contribution < 1.29 is 9.53 Å². The smallest absolute Gasteiger partial charge is 0.231 e. The van der Waals surface area contributed by atoms with E-state index >= 15 is 0 Å². The van der Waals surface area contributed by atoms with Crippen molar-refractivity contribution in [1.82, 2.24) is 0 Å². The number of hydrogen-bond acceptors (Lipinski definition) is 2. The average Bonchev–Trinajstić information content (AvgIpc) is 2.36. The summed E-state index contributed by atoms with van der Waals surface area (Å²) in [5.74, 6) is 0.848. The second-order valence-corrected chi connectivity index (χ2v) is 4.87. The monoisotopic (exact) mass is 267 g/mol. The molecule has 1 aromatic rings. The molecule has 0 aromatic heterocycles. The lowest BCUT2D eigenvalue weighted by Gasteiger charge is -2.20. The van der Waals surface area contributed by atoms with Gasteiger partial charge in [-0.1, -0.05) is 18.7 Å². The summed E-state index contributed by atoms with van der Waals surface area (Å²) in [4.78, 5) is 11.9. The number of carbonyl (C=O) groups excluding carboxylic acids is 1. The zero-order valence-corrected chi connectivity index (χ0v) is 11.5. The number of anilines is 1. The van der Waals surface area contributed by atoms with Gasteiger partial charge in [-0.2, -0.15) is 0 Å². The van der Waals surface area contributed by atoms with Gasteiger partial charge in [0.2, 0.25) is 5.91 Å². The number of nitrogens with one attached hydrogen (secondary N) is 1. The first-order chi connectivity index (χ1) is 8.49. The van der Waals surface area contributed by atoms with E-state index in [9.17, 15) is 4.79 Å². The Morgan fingerprint density at radius 3 is 2.89 bits per heavy atom. The maximum absolute atomic E-state index is 11.9. The number of hydrogen-bond donors (Lipinski definition) is 1. The molecule has 3 nitrogen and oxygen atoms in total. The van der Waals surface area contributed by atoms with Crippen molar-refractivity contribution in [3.8, 4) is 5.75 Å². The molecule has 1 amide bonds. The summed E-state index contributed by atoms with van der Waals surface area (Å²) in [6, 6.07) is 7.22. The Morgan fingerprint density at radius 2 is 2.28 bits per heavy atom. The van der Waals surface area contributed by atoms with Crippen LogP contribution in [0.1, 0.15) is 13.8 Å².